The number of ether oxygens (including phenoxy) is 1. The molecule has 1 aliphatic rings. The van der Waals surface area contributed by atoms with E-state index in [2.05, 4.69) is 0 Å². The maximum absolute atomic E-state index is 12.5. The molecule has 2 rings (SSSR count). The van der Waals surface area contributed by atoms with E-state index in [-0.39, 0.29) is 25.2 Å². The Balaban J connectivity index is 2.07. The first-order valence-corrected chi connectivity index (χ1v) is 7.76. The minimum Gasteiger partial charge on any atom is -0.395 e. The van der Waals surface area contributed by atoms with Gasteiger partial charge in [-0.1, -0.05) is 29.3 Å². The van der Waals surface area contributed by atoms with Crippen molar-refractivity contribution in [2.75, 3.05) is 13.2 Å². The molecule has 1 amide bonds. The maximum atomic E-state index is 12.5. The molecule has 0 radical (unpaired) electrons. The van der Waals surface area contributed by atoms with Gasteiger partial charge in [-0.15, -0.1) is 0 Å². The molecule has 1 heterocycles. The van der Waals surface area contributed by atoms with Gasteiger partial charge in [-0.3, -0.25) is 4.79 Å². The lowest BCUT2D eigenvalue weighted by atomic mass is 10.1. The second-order valence-corrected chi connectivity index (χ2v) is 6.06. The van der Waals surface area contributed by atoms with Gasteiger partial charge in [0.2, 0.25) is 0 Å². The van der Waals surface area contributed by atoms with Crippen molar-refractivity contribution in [1.82, 2.24) is 4.90 Å². The highest BCUT2D eigenvalue weighted by Crippen LogP contribution is 2.25. The van der Waals surface area contributed by atoms with Crippen molar-refractivity contribution in [3.8, 4) is 0 Å². The molecule has 1 aromatic rings. The van der Waals surface area contributed by atoms with Crippen molar-refractivity contribution in [3.63, 3.8) is 0 Å². The van der Waals surface area contributed by atoms with Gasteiger partial charge in [0.15, 0.2) is 0 Å². The summed E-state index contributed by atoms with van der Waals surface area (Å²) in [7, 11) is 0. The molecule has 1 saturated heterocycles. The first kappa shape index (κ1) is 16.6. The molecule has 4 nitrogen and oxygen atoms in total. The van der Waals surface area contributed by atoms with E-state index >= 15 is 0 Å². The van der Waals surface area contributed by atoms with E-state index < -0.39 is 6.10 Å². The molecule has 116 valence electrons. The summed E-state index contributed by atoms with van der Waals surface area (Å²) in [5, 5.41) is 10.1. The lowest BCUT2D eigenvalue weighted by molar-refractivity contribution is -0.143. The Labute approximate surface area is 134 Å². The highest BCUT2D eigenvalue weighted by Gasteiger charge is 2.31. The molecule has 6 heteroatoms. The Morgan fingerprint density at radius 1 is 1.38 bits per heavy atom. The highest BCUT2D eigenvalue weighted by molar-refractivity contribution is 6.42. The summed E-state index contributed by atoms with van der Waals surface area (Å²) in [5.74, 6) is -0.0838. The molecule has 21 heavy (non-hydrogen) atoms. The van der Waals surface area contributed by atoms with Crippen LogP contribution in [-0.4, -0.2) is 41.3 Å². The number of benzene rings is 1. The van der Waals surface area contributed by atoms with Crippen molar-refractivity contribution in [1.29, 1.82) is 0 Å². The van der Waals surface area contributed by atoms with Crippen LogP contribution >= 0.6 is 23.2 Å². The van der Waals surface area contributed by atoms with Gasteiger partial charge in [-0.25, -0.2) is 0 Å². The van der Waals surface area contributed by atoms with Gasteiger partial charge < -0.3 is 14.7 Å². The number of hydrogen-bond acceptors (Lipinski definition) is 3. The quantitative estimate of drug-likeness (QED) is 0.902. The summed E-state index contributed by atoms with van der Waals surface area (Å²) in [6.45, 7) is 2.52. The minimum absolute atomic E-state index is 0.0838. The molecule has 1 N–H and O–H groups in total. The van der Waals surface area contributed by atoms with Gasteiger partial charge in [-0.2, -0.15) is 0 Å². The maximum Gasteiger partial charge on any atom is 0.252 e. The van der Waals surface area contributed by atoms with Gasteiger partial charge in [0.25, 0.3) is 5.91 Å². The number of nitrogens with zero attached hydrogens (tertiary/aromatic N) is 1. The zero-order valence-corrected chi connectivity index (χ0v) is 13.4. The number of aliphatic hydroxyl groups is 1. The summed E-state index contributed by atoms with van der Waals surface area (Å²) < 4.78 is 5.61. The molecule has 0 saturated carbocycles. The summed E-state index contributed by atoms with van der Waals surface area (Å²) in [5.41, 5.74) is 0.872. The Morgan fingerprint density at radius 2 is 2.14 bits per heavy atom. The zero-order chi connectivity index (χ0) is 15.4. The lowest BCUT2D eigenvalue weighted by Gasteiger charge is -2.25. The van der Waals surface area contributed by atoms with Crippen LogP contribution in [0.5, 0.6) is 0 Å². The van der Waals surface area contributed by atoms with Crippen LogP contribution in [-0.2, 0) is 16.1 Å². The number of aliphatic hydroxyl groups excluding tert-OH is 1. The molecule has 2 unspecified atom stereocenters. The van der Waals surface area contributed by atoms with E-state index in [1.165, 1.54) is 0 Å². The molecular formula is C15H19Cl2NO3. The smallest absolute Gasteiger partial charge is 0.252 e. The van der Waals surface area contributed by atoms with Crippen molar-refractivity contribution in [2.24, 2.45) is 0 Å². The van der Waals surface area contributed by atoms with Gasteiger partial charge in [-0.05, 0) is 37.5 Å². The van der Waals surface area contributed by atoms with Crippen LogP contribution in [0.4, 0.5) is 0 Å². The van der Waals surface area contributed by atoms with Crippen LogP contribution in [0, 0.1) is 0 Å². The molecule has 1 aromatic carbocycles. The molecule has 0 aromatic heterocycles. The van der Waals surface area contributed by atoms with Crippen molar-refractivity contribution < 1.29 is 14.6 Å². The first-order valence-electron chi connectivity index (χ1n) is 7.00. The van der Waals surface area contributed by atoms with E-state index in [1.807, 2.05) is 13.0 Å². The molecule has 1 aliphatic heterocycles. The topological polar surface area (TPSA) is 49.8 Å². The molecule has 0 aliphatic carbocycles. The van der Waals surface area contributed by atoms with Crippen molar-refractivity contribution in [3.05, 3.63) is 33.8 Å². The predicted molar refractivity (Wildman–Crippen MR) is 82.5 cm³/mol. The fraction of sp³-hybridized carbons (Fsp3) is 0.533. The van der Waals surface area contributed by atoms with Gasteiger partial charge >= 0.3 is 0 Å². The molecular weight excluding hydrogens is 313 g/mol. The minimum atomic E-state index is -0.408. The molecule has 2 atom stereocenters. The van der Waals surface area contributed by atoms with Crippen molar-refractivity contribution in [2.45, 2.75) is 38.5 Å². The second-order valence-electron chi connectivity index (χ2n) is 5.24. The summed E-state index contributed by atoms with van der Waals surface area (Å²) >= 11 is 11.9. The SMILES string of the molecule is CC1CCC(C(=O)N(CCO)Cc2ccc(Cl)c(Cl)c2)O1. The molecule has 0 spiro atoms. The predicted octanol–water partition coefficient (Wildman–Crippen LogP) is 2.88. The summed E-state index contributed by atoms with van der Waals surface area (Å²) in [6.07, 6.45) is 1.31. The monoisotopic (exact) mass is 331 g/mol. The van der Waals surface area contributed by atoms with E-state index in [0.29, 0.717) is 16.6 Å². The number of amides is 1. The van der Waals surface area contributed by atoms with Crippen LogP contribution in [0.15, 0.2) is 18.2 Å². The van der Waals surface area contributed by atoms with Gasteiger partial charge in [0.1, 0.15) is 6.10 Å². The average molecular weight is 332 g/mol. The van der Waals surface area contributed by atoms with Crippen LogP contribution in [0.3, 0.4) is 0 Å². The van der Waals surface area contributed by atoms with Crippen LogP contribution in [0.25, 0.3) is 0 Å². The number of carbonyl (C=O) groups excluding carboxylic acids is 1. The third kappa shape index (κ3) is 4.33. The van der Waals surface area contributed by atoms with Gasteiger partial charge in [0, 0.05) is 13.1 Å². The molecule has 0 bridgehead atoms. The van der Waals surface area contributed by atoms with Crippen LogP contribution in [0.2, 0.25) is 10.0 Å². The number of halogens is 2. The first-order chi connectivity index (χ1) is 10.0. The number of carbonyl (C=O) groups is 1. The molecule has 1 fully saturated rings. The summed E-state index contributed by atoms with van der Waals surface area (Å²) in [6, 6.07) is 5.26. The Kier molecular flexibility index (Phi) is 5.88. The van der Waals surface area contributed by atoms with Gasteiger partial charge in [0.05, 0.1) is 22.8 Å². The van der Waals surface area contributed by atoms with Crippen molar-refractivity contribution >= 4 is 29.1 Å². The van der Waals surface area contributed by atoms with E-state index in [0.717, 1.165) is 18.4 Å². The number of rotatable bonds is 5. The van der Waals surface area contributed by atoms with E-state index in [4.69, 9.17) is 27.9 Å². The second kappa shape index (κ2) is 7.45. The van der Waals surface area contributed by atoms with E-state index in [9.17, 15) is 9.90 Å². The third-order valence-corrected chi connectivity index (χ3v) is 4.29. The fourth-order valence-electron chi connectivity index (χ4n) is 2.43. The third-order valence-electron chi connectivity index (χ3n) is 3.55. The fourth-order valence-corrected chi connectivity index (χ4v) is 2.75. The lowest BCUT2D eigenvalue weighted by Crippen LogP contribution is -2.40. The van der Waals surface area contributed by atoms with Crippen LogP contribution in [0.1, 0.15) is 25.3 Å². The standard InChI is InChI=1S/C15H19Cl2NO3/c1-10-2-5-14(21-10)15(20)18(6-7-19)9-11-3-4-12(16)13(17)8-11/h3-4,8,10,14,19H,2,5-7,9H2,1H3. The Hall–Kier alpha value is -0.810. The Bertz CT molecular complexity index is 510. The number of hydrogen-bond donors (Lipinski definition) is 1. The normalized spacial score (nSPS) is 21.5. The average Bonchev–Trinajstić information content (AvgIpc) is 2.88. The summed E-state index contributed by atoms with van der Waals surface area (Å²) in [4.78, 5) is 14.1. The largest absolute Gasteiger partial charge is 0.395 e. The van der Waals surface area contributed by atoms with E-state index in [1.54, 1.807) is 17.0 Å². The highest BCUT2D eigenvalue weighted by atomic mass is 35.5. The zero-order valence-electron chi connectivity index (χ0n) is 11.9. The Morgan fingerprint density at radius 3 is 2.71 bits per heavy atom. The van der Waals surface area contributed by atoms with Crippen LogP contribution < -0.4 is 0 Å².